The number of hydrogen-bond acceptors (Lipinski definition) is 3. The molecule has 0 radical (unpaired) electrons. The molecule has 5 N–H and O–H groups in total. The van der Waals surface area contributed by atoms with Gasteiger partial charge in [0.05, 0.1) is 5.56 Å². The molecule has 0 aliphatic heterocycles. The number of hydrogen-bond donors (Lipinski definition) is 4. The van der Waals surface area contributed by atoms with Crippen LogP contribution in [-0.2, 0) is 0 Å². The first-order chi connectivity index (χ1) is 8.54. The lowest BCUT2D eigenvalue weighted by atomic mass is 10.1. The molecular weight excluding hydrogens is 234 g/mol. The van der Waals surface area contributed by atoms with Crippen LogP contribution in [0.25, 0.3) is 0 Å². The van der Waals surface area contributed by atoms with E-state index in [2.05, 4.69) is 10.6 Å². The van der Waals surface area contributed by atoms with Gasteiger partial charge in [-0.25, -0.2) is 9.59 Å². The van der Waals surface area contributed by atoms with Crippen LogP contribution in [-0.4, -0.2) is 30.2 Å². The van der Waals surface area contributed by atoms with E-state index >= 15 is 0 Å². The molecule has 0 bridgehead atoms. The van der Waals surface area contributed by atoms with Gasteiger partial charge in [-0.05, 0) is 43.7 Å². The molecule has 0 aliphatic rings. The number of benzene rings is 1. The Kier molecular flexibility index (Phi) is 5.13. The quantitative estimate of drug-likeness (QED) is 0.589. The number of aryl methyl sites for hydroxylation is 1. The number of aromatic carboxylic acids is 1. The number of amides is 2. The fourth-order valence-corrected chi connectivity index (χ4v) is 1.46. The Balaban J connectivity index is 2.60. The van der Waals surface area contributed by atoms with Crippen molar-refractivity contribution in [3.05, 3.63) is 29.3 Å². The van der Waals surface area contributed by atoms with Crippen LogP contribution in [0.3, 0.4) is 0 Å². The number of carbonyl (C=O) groups is 2. The lowest BCUT2D eigenvalue weighted by Crippen LogP contribution is -2.30. The van der Waals surface area contributed by atoms with Gasteiger partial charge in [-0.3, -0.25) is 0 Å². The van der Waals surface area contributed by atoms with E-state index in [1.807, 2.05) is 0 Å². The van der Waals surface area contributed by atoms with E-state index in [9.17, 15) is 9.59 Å². The summed E-state index contributed by atoms with van der Waals surface area (Å²) < 4.78 is 0. The van der Waals surface area contributed by atoms with Crippen molar-refractivity contribution in [1.29, 1.82) is 0 Å². The van der Waals surface area contributed by atoms with E-state index < -0.39 is 5.97 Å². The van der Waals surface area contributed by atoms with Gasteiger partial charge in [0, 0.05) is 12.2 Å². The van der Waals surface area contributed by atoms with E-state index in [0.717, 1.165) is 0 Å². The summed E-state index contributed by atoms with van der Waals surface area (Å²) in [5.41, 5.74) is 6.69. The number of carboxylic acids is 1. The standard InChI is InChI=1S/C12H17N3O3/c1-8-7-9(3-4-10(8)11(16)17)15-12(18)14-6-2-5-13/h3-4,7H,2,5-6,13H2,1H3,(H,16,17)(H2,14,15,18). The molecule has 1 rings (SSSR count). The average molecular weight is 251 g/mol. The van der Waals surface area contributed by atoms with Crippen LogP contribution in [0.5, 0.6) is 0 Å². The largest absolute Gasteiger partial charge is 0.478 e. The number of urea groups is 1. The Morgan fingerprint density at radius 1 is 1.39 bits per heavy atom. The maximum absolute atomic E-state index is 11.4. The van der Waals surface area contributed by atoms with Gasteiger partial charge in [-0.15, -0.1) is 0 Å². The molecular formula is C12H17N3O3. The van der Waals surface area contributed by atoms with E-state index in [1.54, 1.807) is 19.1 Å². The summed E-state index contributed by atoms with van der Waals surface area (Å²) in [6.07, 6.45) is 0.713. The summed E-state index contributed by atoms with van der Waals surface area (Å²) in [5.74, 6) is -0.980. The van der Waals surface area contributed by atoms with Crippen LogP contribution >= 0.6 is 0 Å². The molecule has 18 heavy (non-hydrogen) atoms. The second-order valence-electron chi connectivity index (χ2n) is 3.86. The monoisotopic (exact) mass is 251 g/mol. The fraction of sp³-hybridized carbons (Fsp3) is 0.333. The van der Waals surface area contributed by atoms with Crippen molar-refractivity contribution in [2.75, 3.05) is 18.4 Å². The minimum Gasteiger partial charge on any atom is -0.478 e. The summed E-state index contributed by atoms with van der Waals surface area (Å²) in [6.45, 7) is 2.71. The molecule has 0 spiro atoms. The number of rotatable bonds is 5. The van der Waals surface area contributed by atoms with Crippen molar-refractivity contribution in [3.63, 3.8) is 0 Å². The zero-order valence-corrected chi connectivity index (χ0v) is 10.2. The van der Waals surface area contributed by atoms with E-state index in [4.69, 9.17) is 10.8 Å². The number of nitrogens with one attached hydrogen (secondary N) is 2. The van der Waals surface area contributed by atoms with Crippen molar-refractivity contribution in [2.45, 2.75) is 13.3 Å². The van der Waals surface area contributed by atoms with E-state index in [1.165, 1.54) is 6.07 Å². The SMILES string of the molecule is Cc1cc(NC(=O)NCCCN)ccc1C(=O)O. The summed E-state index contributed by atoms with van der Waals surface area (Å²) in [7, 11) is 0. The molecule has 0 aromatic heterocycles. The molecule has 6 nitrogen and oxygen atoms in total. The first-order valence-electron chi connectivity index (χ1n) is 5.63. The minimum atomic E-state index is -0.980. The van der Waals surface area contributed by atoms with Crippen molar-refractivity contribution in [3.8, 4) is 0 Å². The van der Waals surface area contributed by atoms with Gasteiger partial charge in [-0.2, -0.15) is 0 Å². The molecule has 1 aromatic rings. The highest BCUT2D eigenvalue weighted by Crippen LogP contribution is 2.15. The summed E-state index contributed by atoms with van der Waals surface area (Å²) in [4.78, 5) is 22.3. The lowest BCUT2D eigenvalue weighted by Gasteiger charge is -2.08. The van der Waals surface area contributed by atoms with Gasteiger partial charge in [0.1, 0.15) is 0 Å². The van der Waals surface area contributed by atoms with Gasteiger partial charge < -0.3 is 21.5 Å². The zero-order valence-electron chi connectivity index (χ0n) is 10.2. The second kappa shape index (κ2) is 6.61. The first kappa shape index (κ1) is 14.0. The Bertz CT molecular complexity index is 446. The van der Waals surface area contributed by atoms with Crippen LogP contribution < -0.4 is 16.4 Å². The Hall–Kier alpha value is -2.08. The molecule has 0 fully saturated rings. The topological polar surface area (TPSA) is 104 Å². The second-order valence-corrected chi connectivity index (χ2v) is 3.86. The number of carboxylic acid groups (broad SMARTS) is 1. The first-order valence-corrected chi connectivity index (χ1v) is 5.63. The molecule has 0 aliphatic carbocycles. The van der Waals surface area contributed by atoms with Crippen LogP contribution in [0, 0.1) is 6.92 Å². The highest BCUT2D eigenvalue weighted by Gasteiger charge is 2.08. The maximum Gasteiger partial charge on any atom is 0.335 e. The lowest BCUT2D eigenvalue weighted by molar-refractivity contribution is 0.0696. The molecule has 0 unspecified atom stereocenters. The van der Waals surface area contributed by atoms with Gasteiger partial charge in [0.15, 0.2) is 0 Å². The highest BCUT2D eigenvalue weighted by molar-refractivity contribution is 5.92. The average Bonchev–Trinajstić information content (AvgIpc) is 2.28. The number of nitrogens with two attached hydrogens (primary N) is 1. The molecule has 1 aromatic carbocycles. The van der Waals surface area contributed by atoms with Gasteiger partial charge >= 0.3 is 12.0 Å². The Morgan fingerprint density at radius 2 is 2.11 bits per heavy atom. The third-order valence-corrected chi connectivity index (χ3v) is 2.38. The molecule has 2 amide bonds. The normalized spacial score (nSPS) is 9.89. The smallest absolute Gasteiger partial charge is 0.335 e. The molecule has 0 heterocycles. The molecule has 0 saturated carbocycles. The van der Waals surface area contributed by atoms with Crippen LogP contribution in [0.1, 0.15) is 22.3 Å². The predicted molar refractivity (Wildman–Crippen MR) is 68.8 cm³/mol. The van der Waals surface area contributed by atoms with Crippen molar-refractivity contribution in [2.24, 2.45) is 5.73 Å². The third kappa shape index (κ3) is 4.06. The van der Waals surface area contributed by atoms with Gasteiger partial charge in [0.25, 0.3) is 0 Å². The molecule has 0 saturated heterocycles. The Labute approximate surface area is 105 Å². The number of carbonyl (C=O) groups excluding carboxylic acids is 1. The van der Waals surface area contributed by atoms with Gasteiger partial charge in [0.2, 0.25) is 0 Å². The van der Waals surface area contributed by atoms with Crippen LogP contribution in [0.4, 0.5) is 10.5 Å². The van der Waals surface area contributed by atoms with Crippen LogP contribution in [0.15, 0.2) is 18.2 Å². The minimum absolute atomic E-state index is 0.226. The maximum atomic E-state index is 11.4. The van der Waals surface area contributed by atoms with Crippen LogP contribution in [0.2, 0.25) is 0 Å². The third-order valence-electron chi connectivity index (χ3n) is 2.38. The molecule has 0 atom stereocenters. The number of anilines is 1. The Morgan fingerprint density at radius 3 is 2.67 bits per heavy atom. The summed E-state index contributed by atoms with van der Waals surface area (Å²) in [6, 6.07) is 4.31. The van der Waals surface area contributed by atoms with Crippen molar-refractivity contribution < 1.29 is 14.7 Å². The van der Waals surface area contributed by atoms with Crippen molar-refractivity contribution in [1.82, 2.24) is 5.32 Å². The van der Waals surface area contributed by atoms with E-state index in [-0.39, 0.29) is 11.6 Å². The zero-order chi connectivity index (χ0) is 13.5. The summed E-state index contributed by atoms with van der Waals surface area (Å²) in [5, 5.41) is 14.1. The predicted octanol–water partition coefficient (Wildman–Crippen LogP) is 1.16. The fourth-order valence-electron chi connectivity index (χ4n) is 1.46. The van der Waals surface area contributed by atoms with Gasteiger partial charge in [-0.1, -0.05) is 0 Å². The molecule has 6 heteroatoms. The van der Waals surface area contributed by atoms with Crippen molar-refractivity contribution >= 4 is 17.7 Å². The highest BCUT2D eigenvalue weighted by atomic mass is 16.4. The molecule has 98 valence electrons. The van der Waals surface area contributed by atoms with E-state index in [0.29, 0.717) is 30.8 Å². The summed E-state index contributed by atoms with van der Waals surface area (Å²) >= 11 is 0.